The Hall–Kier alpha value is -3.20. The third-order valence-corrected chi connectivity index (χ3v) is 7.34. The van der Waals surface area contributed by atoms with E-state index in [1.807, 2.05) is 41.3 Å². The molecule has 1 aromatic carbocycles. The molecule has 0 spiro atoms. The Morgan fingerprint density at radius 2 is 1.81 bits per heavy atom. The minimum absolute atomic E-state index is 0.0247. The number of carbonyl (C=O) groups is 2. The van der Waals surface area contributed by atoms with Crippen molar-refractivity contribution in [2.75, 3.05) is 11.9 Å². The Kier molecular flexibility index (Phi) is 10.7. The molecule has 1 amide bonds. The monoisotopic (exact) mass is 529 g/mol. The van der Waals surface area contributed by atoms with E-state index >= 15 is 0 Å². The number of rotatable bonds is 9. The van der Waals surface area contributed by atoms with E-state index in [0.717, 1.165) is 38.5 Å². The second-order valence-corrected chi connectivity index (χ2v) is 10.1. The van der Waals surface area contributed by atoms with Gasteiger partial charge in [0.05, 0.1) is 17.6 Å². The predicted octanol–water partition coefficient (Wildman–Crippen LogP) is 6.20. The molecule has 3 aromatic rings. The summed E-state index contributed by atoms with van der Waals surface area (Å²) in [6.45, 7) is 3.96. The van der Waals surface area contributed by atoms with E-state index in [1.54, 1.807) is 17.4 Å². The summed E-state index contributed by atoms with van der Waals surface area (Å²) in [7, 11) is 0. The van der Waals surface area contributed by atoms with E-state index in [4.69, 9.17) is 5.11 Å². The predicted molar refractivity (Wildman–Crippen MR) is 147 cm³/mol. The Balaban J connectivity index is 0.000000678. The van der Waals surface area contributed by atoms with E-state index in [9.17, 15) is 18.8 Å². The Morgan fingerprint density at radius 3 is 2.38 bits per heavy atom. The van der Waals surface area contributed by atoms with Crippen molar-refractivity contribution in [2.24, 2.45) is 0 Å². The first-order valence-electron chi connectivity index (χ1n) is 13.0. The molecule has 4 rings (SSSR count). The molecule has 37 heavy (non-hydrogen) atoms. The molecule has 3 N–H and O–H groups in total. The van der Waals surface area contributed by atoms with Gasteiger partial charge in [0.15, 0.2) is 0 Å². The molecule has 200 valence electrons. The number of carboxylic acids is 1. The zero-order chi connectivity index (χ0) is 26.8. The van der Waals surface area contributed by atoms with Crippen LogP contribution in [-0.4, -0.2) is 34.1 Å². The van der Waals surface area contributed by atoms with Crippen molar-refractivity contribution >= 4 is 39.8 Å². The topological polar surface area (TPSA) is 100 Å². The number of nitrogens with one attached hydrogen (secondary N) is 2. The Labute approximate surface area is 220 Å². The van der Waals surface area contributed by atoms with Crippen molar-refractivity contribution in [3.63, 3.8) is 0 Å². The minimum atomic E-state index is -1.04. The summed E-state index contributed by atoms with van der Waals surface area (Å²) in [4.78, 5) is 36.5. The quantitative estimate of drug-likeness (QED) is 0.306. The number of fused-ring (bicyclic) bond motifs is 1. The normalized spacial score (nSPS) is 13.7. The van der Waals surface area contributed by atoms with Crippen LogP contribution in [0.5, 0.6) is 0 Å². The van der Waals surface area contributed by atoms with Crippen molar-refractivity contribution in [3.8, 4) is 0 Å². The van der Waals surface area contributed by atoms with Gasteiger partial charge in [-0.15, -0.1) is 0 Å². The Morgan fingerprint density at radius 1 is 1.14 bits per heavy atom. The lowest BCUT2D eigenvalue weighted by atomic mass is 9.95. The van der Waals surface area contributed by atoms with Crippen LogP contribution in [0.4, 0.5) is 10.1 Å². The van der Waals surface area contributed by atoms with Crippen LogP contribution < -0.4 is 16.1 Å². The number of aliphatic carboxylic acids is 1. The van der Waals surface area contributed by atoms with Crippen molar-refractivity contribution < 1.29 is 19.1 Å². The highest BCUT2D eigenvalue weighted by Crippen LogP contribution is 2.29. The number of benzene rings is 1. The maximum atomic E-state index is 15.0. The van der Waals surface area contributed by atoms with Gasteiger partial charge in [0.25, 0.3) is 5.91 Å². The summed E-state index contributed by atoms with van der Waals surface area (Å²) < 4.78 is 16.9. The lowest BCUT2D eigenvalue weighted by molar-refractivity contribution is -0.136. The van der Waals surface area contributed by atoms with Crippen molar-refractivity contribution in [3.05, 3.63) is 62.8 Å². The number of hydrogen-bond donors (Lipinski definition) is 3. The van der Waals surface area contributed by atoms with Crippen LogP contribution in [0.1, 0.15) is 81.6 Å². The van der Waals surface area contributed by atoms with Gasteiger partial charge in [-0.25, -0.2) is 4.39 Å². The lowest BCUT2D eigenvalue weighted by Crippen LogP contribution is -2.32. The summed E-state index contributed by atoms with van der Waals surface area (Å²) in [5.74, 6) is -2.21. The van der Waals surface area contributed by atoms with Gasteiger partial charge in [-0.3, -0.25) is 14.4 Å². The molecule has 0 saturated heterocycles. The van der Waals surface area contributed by atoms with Crippen molar-refractivity contribution in [1.82, 2.24) is 9.88 Å². The molecular weight excluding hydrogens is 493 g/mol. The fraction of sp³-hybridized carbons (Fsp3) is 0.464. The molecule has 9 heteroatoms. The number of nitrogens with zero attached hydrogens (tertiary/aromatic N) is 1. The van der Waals surface area contributed by atoms with Crippen LogP contribution in [0.25, 0.3) is 10.9 Å². The van der Waals surface area contributed by atoms with Gasteiger partial charge in [-0.2, -0.15) is 11.3 Å². The first kappa shape index (κ1) is 28.4. The molecule has 2 heterocycles. The largest absolute Gasteiger partial charge is 0.481 e. The molecule has 1 aliphatic carbocycles. The average Bonchev–Trinajstić information content (AvgIpc) is 3.48. The van der Waals surface area contributed by atoms with E-state index in [0.29, 0.717) is 11.2 Å². The third-order valence-electron chi connectivity index (χ3n) is 6.72. The SMILES string of the molecule is CCC(CC)n1cc(C(=O)NCCC(=O)O)c(=O)c2cc(F)c(NC3CCCCC3)cc21.c1ccsc1. The molecule has 0 unspecified atom stereocenters. The van der Waals surface area contributed by atoms with Gasteiger partial charge in [-0.1, -0.05) is 45.2 Å². The molecule has 1 fully saturated rings. The van der Waals surface area contributed by atoms with Gasteiger partial charge in [0, 0.05) is 30.2 Å². The maximum Gasteiger partial charge on any atom is 0.305 e. The molecule has 0 aliphatic heterocycles. The summed E-state index contributed by atoms with van der Waals surface area (Å²) >= 11 is 1.71. The van der Waals surface area contributed by atoms with Crippen LogP contribution in [0.2, 0.25) is 0 Å². The third kappa shape index (κ3) is 7.64. The molecule has 0 bridgehead atoms. The van der Waals surface area contributed by atoms with E-state index in [1.165, 1.54) is 18.7 Å². The molecule has 0 atom stereocenters. The zero-order valence-electron chi connectivity index (χ0n) is 21.5. The zero-order valence-corrected chi connectivity index (χ0v) is 22.3. The van der Waals surface area contributed by atoms with Crippen molar-refractivity contribution in [2.45, 2.75) is 77.3 Å². The average molecular weight is 530 g/mol. The summed E-state index contributed by atoms with van der Waals surface area (Å²) in [5.41, 5.74) is 0.299. The molecule has 1 aliphatic rings. The van der Waals surface area contributed by atoms with Crippen LogP contribution >= 0.6 is 11.3 Å². The first-order valence-corrected chi connectivity index (χ1v) is 13.9. The van der Waals surface area contributed by atoms with Gasteiger partial charge in [-0.05, 0) is 48.6 Å². The second kappa shape index (κ2) is 13.9. The number of thiophene rings is 1. The summed E-state index contributed by atoms with van der Waals surface area (Å²) in [6, 6.07) is 7.18. The number of hydrogen-bond acceptors (Lipinski definition) is 5. The first-order chi connectivity index (χ1) is 17.8. The van der Waals surface area contributed by atoms with Gasteiger partial charge < -0.3 is 20.3 Å². The molecular formula is C28H36FN3O4S. The maximum absolute atomic E-state index is 15.0. The Bertz CT molecular complexity index is 1220. The van der Waals surface area contributed by atoms with Crippen molar-refractivity contribution in [1.29, 1.82) is 0 Å². The van der Waals surface area contributed by atoms with Crippen LogP contribution in [0, 0.1) is 5.82 Å². The van der Waals surface area contributed by atoms with Gasteiger partial charge in [0.1, 0.15) is 11.4 Å². The van der Waals surface area contributed by atoms with E-state index < -0.39 is 23.1 Å². The molecule has 7 nitrogen and oxygen atoms in total. The summed E-state index contributed by atoms with van der Waals surface area (Å²) in [5, 5.41) is 18.8. The highest BCUT2D eigenvalue weighted by atomic mass is 32.1. The number of anilines is 1. The smallest absolute Gasteiger partial charge is 0.305 e. The van der Waals surface area contributed by atoms with Gasteiger partial charge in [0.2, 0.25) is 5.43 Å². The van der Waals surface area contributed by atoms with Crippen LogP contribution in [-0.2, 0) is 4.79 Å². The minimum Gasteiger partial charge on any atom is -0.481 e. The number of halogens is 1. The standard InChI is InChI=1S/C24H32FN3O4.C4H4S/c1-3-16(4-2)28-14-18(24(32)26-11-10-22(29)30)23(31)17-12-19(25)20(13-21(17)28)27-15-8-6-5-7-9-15;1-2-4-5-3-1/h12-16,27H,3-11H2,1-2H3,(H,26,32)(H,29,30);1-4H. The number of carboxylic acid groups (broad SMARTS) is 1. The lowest BCUT2D eigenvalue weighted by Gasteiger charge is -2.25. The van der Waals surface area contributed by atoms with E-state index in [-0.39, 0.29) is 36.0 Å². The molecule has 0 radical (unpaired) electrons. The second-order valence-electron chi connectivity index (χ2n) is 9.27. The number of amides is 1. The van der Waals surface area contributed by atoms with Crippen LogP contribution in [0.3, 0.4) is 0 Å². The molecule has 1 saturated carbocycles. The highest BCUT2D eigenvalue weighted by Gasteiger charge is 2.21. The number of aromatic nitrogens is 1. The van der Waals surface area contributed by atoms with Crippen LogP contribution in [0.15, 0.2) is 46.0 Å². The summed E-state index contributed by atoms with van der Waals surface area (Å²) in [6.07, 6.45) is 8.25. The van der Waals surface area contributed by atoms with Gasteiger partial charge >= 0.3 is 5.97 Å². The molecule has 2 aromatic heterocycles. The fourth-order valence-electron chi connectivity index (χ4n) is 4.70. The van der Waals surface area contributed by atoms with E-state index in [2.05, 4.69) is 10.6 Å². The fourth-order valence-corrected chi connectivity index (χ4v) is 5.15. The number of pyridine rings is 1. The highest BCUT2D eigenvalue weighted by molar-refractivity contribution is 7.07. The number of carbonyl (C=O) groups excluding carboxylic acids is 1.